The van der Waals surface area contributed by atoms with Crippen LogP contribution in [0.3, 0.4) is 0 Å². The third-order valence-electron chi connectivity index (χ3n) is 5.58. The highest BCUT2D eigenvalue weighted by molar-refractivity contribution is 14.0. The van der Waals surface area contributed by atoms with Crippen LogP contribution in [0.1, 0.15) is 37.6 Å². The largest absolute Gasteiger partial charge is 0.497 e. The van der Waals surface area contributed by atoms with E-state index in [1.807, 2.05) is 18.2 Å². The van der Waals surface area contributed by atoms with Gasteiger partial charge in [0.15, 0.2) is 11.7 Å². The van der Waals surface area contributed by atoms with Gasteiger partial charge in [-0.25, -0.2) is 0 Å². The first-order chi connectivity index (χ1) is 15.1. The van der Waals surface area contributed by atoms with Crippen molar-refractivity contribution in [2.45, 2.75) is 32.7 Å². The van der Waals surface area contributed by atoms with E-state index in [2.05, 4.69) is 56.6 Å². The van der Waals surface area contributed by atoms with E-state index in [9.17, 15) is 0 Å². The second-order valence-electron chi connectivity index (χ2n) is 8.11. The number of methoxy groups -OCH3 is 1. The maximum absolute atomic E-state index is 5.37. The van der Waals surface area contributed by atoms with Gasteiger partial charge >= 0.3 is 0 Å². The van der Waals surface area contributed by atoms with Crippen LogP contribution in [0, 0.1) is 0 Å². The number of nitrogens with one attached hydrogen (secondary N) is 2. The molecule has 3 rings (SSSR count). The molecule has 32 heavy (non-hydrogen) atoms. The zero-order valence-electron chi connectivity index (χ0n) is 19.6. The molecule has 2 heterocycles. The van der Waals surface area contributed by atoms with Crippen molar-refractivity contribution in [3.63, 3.8) is 0 Å². The van der Waals surface area contributed by atoms with Crippen molar-refractivity contribution in [1.29, 1.82) is 0 Å². The molecule has 1 aliphatic rings. The lowest BCUT2D eigenvalue weighted by Gasteiger charge is -2.36. The third kappa shape index (κ3) is 7.84. The average Bonchev–Trinajstić information content (AvgIpc) is 3.29. The molecule has 0 radical (unpaired) electrons. The van der Waals surface area contributed by atoms with Gasteiger partial charge in [-0.1, -0.05) is 19.0 Å². The van der Waals surface area contributed by atoms with Gasteiger partial charge in [0, 0.05) is 51.5 Å². The zero-order chi connectivity index (χ0) is 22.1. The molecule has 0 amide bonds. The van der Waals surface area contributed by atoms with E-state index in [1.165, 1.54) is 5.69 Å². The van der Waals surface area contributed by atoms with Crippen molar-refractivity contribution >= 4 is 35.6 Å². The van der Waals surface area contributed by atoms with Gasteiger partial charge in [-0.15, -0.1) is 24.0 Å². The van der Waals surface area contributed by atoms with Crippen molar-refractivity contribution in [3.8, 4) is 5.75 Å². The minimum absolute atomic E-state index is 0. The lowest BCUT2D eigenvalue weighted by Crippen LogP contribution is -2.47. The summed E-state index contributed by atoms with van der Waals surface area (Å²) in [4.78, 5) is 9.25. The summed E-state index contributed by atoms with van der Waals surface area (Å²) in [6.45, 7) is 11.0. The first-order valence-electron chi connectivity index (χ1n) is 11.1. The highest BCUT2D eigenvalue weighted by Crippen LogP contribution is 2.20. The van der Waals surface area contributed by atoms with E-state index >= 15 is 0 Å². The predicted molar refractivity (Wildman–Crippen MR) is 140 cm³/mol. The maximum atomic E-state index is 5.37. The SMILES string of the molecule is CN=C(NCCCN1CCN(c2ccc(OC)cc2)CC1)NCc1cc(C(C)C)no1.I. The van der Waals surface area contributed by atoms with E-state index < -0.39 is 0 Å². The number of ether oxygens (including phenoxy) is 1. The maximum Gasteiger partial charge on any atom is 0.191 e. The summed E-state index contributed by atoms with van der Waals surface area (Å²) in [6.07, 6.45) is 1.07. The first-order valence-corrected chi connectivity index (χ1v) is 11.1. The Morgan fingerprint density at radius 1 is 1.16 bits per heavy atom. The van der Waals surface area contributed by atoms with Crippen LogP contribution < -0.4 is 20.3 Å². The normalized spacial score (nSPS) is 14.9. The van der Waals surface area contributed by atoms with E-state index in [-0.39, 0.29) is 24.0 Å². The van der Waals surface area contributed by atoms with Gasteiger partial charge in [0.1, 0.15) is 5.75 Å². The highest BCUT2D eigenvalue weighted by Gasteiger charge is 2.17. The fourth-order valence-electron chi connectivity index (χ4n) is 3.61. The second-order valence-corrected chi connectivity index (χ2v) is 8.11. The molecule has 0 saturated carbocycles. The molecular formula is C23H37IN6O2. The van der Waals surface area contributed by atoms with E-state index in [1.54, 1.807) is 14.2 Å². The summed E-state index contributed by atoms with van der Waals surface area (Å²) in [5.74, 6) is 2.88. The number of piperazine rings is 1. The molecule has 0 bridgehead atoms. The molecule has 1 aromatic heterocycles. The van der Waals surface area contributed by atoms with E-state index in [0.29, 0.717) is 12.5 Å². The number of benzene rings is 1. The number of halogens is 1. The van der Waals surface area contributed by atoms with Crippen molar-refractivity contribution in [1.82, 2.24) is 20.7 Å². The van der Waals surface area contributed by atoms with Crippen molar-refractivity contribution in [2.24, 2.45) is 4.99 Å². The molecule has 0 spiro atoms. The van der Waals surface area contributed by atoms with Gasteiger partial charge in [-0.2, -0.15) is 0 Å². The van der Waals surface area contributed by atoms with Gasteiger partial charge in [-0.05, 0) is 43.1 Å². The summed E-state index contributed by atoms with van der Waals surface area (Å²) in [5, 5.41) is 10.8. The van der Waals surface area contributed by atoms with Crippen LogP contribution in [0.25, 0.3) is 0 Å². The van der Waals surface area contributed by atoms with Crippen LogP contribution in [0.5, 0.6) is 5.75 Å². The number of hydrogen-bond donors (Lipinski definition) is 2. The number of aromatic nitrogens is 1. The average molecular weight is 556 g/mol. The van der Waals surface area contributed by atoms with Crippen LogP contribution in [-0.2, 0) is 6.54 Å². The molecule has 178 valence electrons. The zero-order valence-corrected chi connectivity index (χ0v) is 22.0. The van der Waals surface area contributed by atoms with Crippen LogP contribution in [0.4, 0.5) is 5.69 Å². The third-order valence-corrected chi connectivity index (χ3v) is 5.58. The first kappa shape index (κ1) is 26.2. The Kier molecular flexibility index (Phi) is 11.1. The Morgan fingerprint density at radius 3 is 2.47 bits per heavy atom. The molecule has 1 saturated heterocycles. The fraction of sp³-hybridized carbons (Fsp3) is 0.565. The molecule has 0 aliphatic carbocycles. The summed E-state index contributed by atoms with van der Waals surface area (Å²) >= 11 is 0. The molecule has 1 aromatic carbocycles. The molecule has 0 unspecified atom stereocenters. The van der Waals surface area contributed by atoms with Crippen molar-refractivity contribution in [3.05, 3.63) is 41.8 Å². The summed E-state index contributed by atoms with van der Waals surface area (Å²) in [6, 6.07) is 10.3. The standard InChI is InChI=1S/C23H36N6O2.HI/c1-18(2)22-16-21(31-27-22)17-26-23(24-3)25-10-5-11-28-12-14-29(15-13-28)19-6-8-20(30-4)9-7-19;/h6-9,16,18H,5,10-15,17H2,1-4H3,(H2,24,25,26);1H. The van der Waals surface area contributed by atoms with Crippen LogP contribution >= 0.6 is 24.0 Å². The quantitative estimate of drug-likeness (QED) is 0.213. The number of nitrogens with zero attached hydrogens (tertiary/aromatic N) is 4. The Labute approximate surface area is 208 Å². The van der Waals surface area contributed by atoms with Crippen LogP contribution in [-0.4, -0.2) is 69.4 Å². The number of rotatable bonds is 9. The molecule has 1 aliphatic heterocycles. The van der Waals surface area contributed by atoms with Gasteiger partial charge in [-0.3, -0.25) is 9.89 Å². The Hall–Kier alpha value is -2.01. The lowest BCUT2D eigenvalue weighted by molar-refractivity contribution is 0.255. The minimum Gasteiger partial charge on any atom is -0.497 e. The second kappa shape index (κ2) is 13.5. The van der Waals surface area contributed by atoms with Gasteiger partial charge in [0.05, 0.1) is 19.3 Å². The molecule has 2 N–H and O–H groups in total. The topological polar surface area (TPSA) is 78.2 Å². The molecular weight excluding hydrogens is 519 g/mol. The van der Waals surface area contributed by atoms with Gasteiger partial charge in [0.2, 0.25) is 0 Å². The number of anilines is 1. The molecule has 0 atom stereocenters. The lowest BCUT2D eigenvalue weighted by atomic mass is 10.1. The van der Waals surface area contributed by atoms with Crippen molar-refractivity contribution in [2.75, 3.05) is 58.3 Å². The monoisotopic (exact) mass is 556 g/mol. The predicted octanol–water partition coefficient (Wildman–Crippen LogP) is 3.30. The number of aliphatic imine (C=N–C) groups is 1. The number of guanidine groups is 1. The Morgan fingerprint density at radius 2 is 1.88 bits per heavy atom. The van der Waals surface area contributed by atoms with Gasteiger partial charge < -0.3 is 24.8 Å². The summed E-state index contributed by atoms with van der Waals surface area (Å²) < 4.78 is 10.6. The molecule has 1 fully saturated rings. The van der Waals surface area contributed by atoms with Crippen LogP contribution in [0.2, 0.25) is 0 Å². The Balaban J connectivity index is 0.00000363. The van der Waals surface area contributed by atoms with Gasteiger partial charge in [0.25, 0.3) is 0 Å². The highest BCUT2D eigenvalue weighted by atomic mass is 127. The minimum atomic E-state index is 0. The number of hydrogen-bond acceptors (Lipinski definition) is 6. The van der Waals surface area contributed by atoms with Crippen molar-refractivity contribution < 1.29 is 9.26 Å². The van der Waals surface area contributed by atoms with E-state index in [4.69, 9.17) is 9.26 Å². The molecule has 2 aromatic rings. The fourth-order valence-corrected chi connectivity index (χ4v) is 3.61. The summed E-state index contributed by atoms with van der Waals surface area (Å²) in [7, 11) is 3.49. The van der Waals surface area contributed by atoms with E-state index in [0.717, 1.165) is 68.9 Å². The summed E-state index contributed by atoms with van der Waals surface area (Å²) in [5.41, 5.74) is 2.25. The molecule has 9 heteroatoms. The Bertz CT molecular complexity index is 816. The smallest absolute Gasteiger partial charge is 0.191 e. The van der Waals surface area contributed by atoms with Crippen LogP contribution in [0.15, 0.2) is 39.8 Å². The molecule has 8 nitrogen and oxygen atoms in total.